The van der Waals surface area contributed by atoms with E-state index in [1.165, 1.54) is 39.5 Å². The summed E-state index contributed by atoms with van der Waals surface area (Å²) in [7, 11) is 0. The molecule has 2 aromatic heterocycles. The Morgan fingerprint density at radius 3 is 1.95 bits per heavy atom. The summed E-state index contributed by atoms with van der Waals surface area (Å²) in [6.45, 7) is 5.14. The van der Waals surface area contributed by atoms with Gasteiger partial charge < -0.3 is 4.57 Å². The molecule has 37 heavy (non-hydrogen) atoms. The first kappa shape index (κ1) is 22.7. The predicted octanol–water partition coefficient (Wildman–Crippen LogP) is 8.43. The van der Waals surface area contributed by atoms with Gasteiger partial charge in [-0.25, -0.2) is 4.98 Å². The van der Waals surface area contributed by atoms with Gasteiger partial charge in [0, 0.05) is 51.6 Å². The summed E-state index contributed by atoms with van der Waals surface area (Å²) in [6, 6.07) is 34.3. The second kappa shape index (κ2) is 9.03. The molecule has 5 heteroatoms. The molecule has 0 saturated carbocycles. The van der Waals surface area contributed by atoms with E-state index in [1.807, 2.05) is 0 Å². The van der Waals surface area contributed by atoms with Crippen molar-refractivity contribution in [3.8, 4) is 33.6 Å². The fourth-order valence-electron chi connectivity index (χ4n) is 5.05. The first-order valence-corrected chi connectivity index (χ1v) is 12.4. The van der Waals surface area contributed by atoms with E-state index in [0.29, 0.717) is 0 Å². The van der Waals surface area contributed by atoms with Crippen molar-refractivity contribution in [1.82, 2.24) is 9.55 Å². The monoisotopic (exact) mass is 483 g/mol. The lowest BCUT2D eigenvalue weighted by Crippen LogP contribution is -1.93. The van der Waals surface area contributed by atoms with E-state index in [9.17, 15) is 10.1 Å². The Labute approximate surface area is 214 Å². The maximum Gasteiger partial charge on any atom is 0.269 e. The summed E-state index contributed by atoms with van der Waals surface area (Å²) < 4.78 is 2.35. The van der Waals surface area contributed by atoms with Crippen molar-refractivity contribution in [1.29, 1.82) is 0 Å². The van der Waals surface area contributed by atoms with Crippen LogP contribution < -0.4 is 0 Å². The van der Waals surface area contributed by atoms with Crippen LogP contribution >= 0.6 is 0 Å². The molecule has 4 aromatic carbocycles. The number of benzene rings is 4. The first-order valence-electron chi connectivity index (χ1n) is 12.4. The van der Waals surface area contributed by atoms with Crippen LogP contribution in [0.15, 0.2) is 103 Å². The van der Waals surface area contributed by atoms with Crippen molar-refractivity contribution in [3.05, 3.63) is 119 Å². The lowest BCUT2D eigenvalue weighted by Gasteiger charge is -2.11. The Hall–Kier alpha value is -4.77. The number of aromatic nitrogens is 2. The summed E-state index contributed by atoms with van der Waals surface area (Å²) in [4.78, 5) is 15.7. The van der Waals surface area contributed by atoms with Crippen molar-refractivity contribution < 1.29 is 4.92 Å². The van der Waals surface area contributed by atoms with Crippen molar-refractivity contribution >= 4 is 27.5 Å². The van der Waals surface area contributed by atoms with Gasteiger partial charge in [0.15, 0.2) is 0 Å². The Bertz CT molecular complexity index is 1780. The van der Waals surface area contributed by atoms with Crippen LogP contribution in [0.2, 0.25) is 0 Å². The van der Waals surface area contributed by atoms with E-state index in [1.54, 1.807) is 12.1 Å². The number of hydrogen-bond acceptors (Lipinski definition) is 3. The molecule has 0 aliphatic rings. The molecule has 0 unspecified atom stereocenters. The minimum atomic E-state index is -0.382. The van der Waals surface area contributed by atoms with Crippen molar-refractivity contribution in [2.24, 2.45) is 0 Å². The smallest absolute Gasteiger partial charge is 0.269 e. The lowest BCUT2D eigenvalue weighted by molar-refractivity contribution is -0.384. The van der Waals surface area contributed by atoms with E-state index in [-0.39, 0.29) is 10.6 Å². The van der Waals surface area contributed by atoms with Gasteiger partial charge in [0.25, 0.3) is 5.69 Å². The van der Waals surface area contributed by atoms with Crippen LogP contribution in [-0.2, 0) is 6.54 Å². The minimum absolute atomic E-state index is 0.0661. The fourth-order valence-corrected chi connectivity index (χ4v) is 5.05. The second-order valence-electron chi connectivity index (χ2n) is 9.29. The maximum absolute atomic E-state index is 11.2. The number of para-hydroxylation sites is 1. The number of aryl methyl sites for hydroxylation is 2. The molecule has 0 bridgehead atoms. The normalized spacial score (nSPS) is 11.3. The quantitative estimate of drug-likeness (QED) is 0.183. The first-order chi connectivity index (χ1) is 18.0. The molecule has 0 radical (unpaired) electrons. The van der Waals surface area contributed by atoms with Crippen molar-refractivity contribution in [3.63, 3.8) is 0 Å². The highest BCUT2D eigenvalue weighted by Gasteiger charge is 2.14. The lowest BCUT2D eigenvalue weighted by atomic mass is 9.98. The van der Waals surface area contributed by atoms with E-state index in [2.05, 4.69) is 97.3 Å². The van der Waals surface area contributed by atoms with Crippen LogP contribution in [0.4, 0.5) is 5.69 Å². The number of nitro groups is 1. The Morgan fingerprint density at radius 1 is 0.703 bits per heavy atom. The van der Waals surface area contributed by atoms with E-state index < -0.39 is 0 Å². The topological polar surface area (TPSA) is 61.0 Å². The molecule has 6 aromatic rings. The predicted molar refractivity (Wildman–Crippen MR) is 151 cm³/mol. The summed E-state index contributed by atoms with van der Waals surface area (Å²) >= 11 is 0. The SMILES string of the molecule is CCn1c2ccccc2c2cc(-c3cc(-c4ccc(C)cc4)nc(-c4ccc([N+](=O)[O-])cc4)c3)ccc21. The molecule has 0 spiro atoms. The molecule has 0 aliphatic carbocycles. The van der Waals surface area contributed by atoms with Gasteiger partial charge in [0.2, 0.25) is 0 Å². The third-order valence-electron chi connectivity index (χ3n) is 6.97. The van der Waals surface area contributed by atoms with Gasteiger partial charge in [0.05, 0.1) is 16.3 Å². The Balaban J connectivity index is 1.55. The third-order valence-corrected chi connectivity index (χ3v) is 6.97. The van der Waals surface area contributed by atoms with Crippen LogP contribution in [0, 0.1) is 17.0 Å². The molecule has 5 nitrogen and oxygen atoms in total. The highest BCUT2D eigenvalue weighted by molar-refractivity contribution is 6.09. The maximum atomic E-state index is 11.2. The Kier molecular flexibility index (Phi) is 5.53. The van der Waals surface area contributed by atoms with Gasteiger partial charge in [-0.2, -0.15) is 0 Å². The molecule has 0 N–H and O–H groups in total. The molecular weight excluding hydrogens is 458 g/mol. The number of rotatable bonds is 5. The molecular formula is C32H25N3O2. The molecule has 0 atom stereocenters. The van der Waals surface area contributed by atoms with Crippen molar-refractivity contribution in [2.45, 2.75) is 20.4 Å². The van der Waals surface area contributed by atoms with E-state index in [0.717, 1.165) is 40.2 Å². The van der Waals surface area contributed by atoms with Gasteiger partial charge in [-0.05, 0) is 67.4 Å². The third kappa shape index (κ3) is 4.04. The number of non-ortho nitro benzene ring substituents is 1. The summed E-state index contributed by atoms with van der Waals surface area (Å²) in [6.07, 6.45) is 0. The number of fused-ring (bicyclic) bond motifs is 3. The largest absolute Gasteiger partial charge is 0.341 e. The number of hydrogen-bond donors (Lipinski definition) is 0. The Morgan fingerprint density at radius 2 is 1.30 bits per heavy atom. The zero-order valence-electron chi connectivity index (χ0n) is 20.7. The highest BCUT2D eigenvalue weighted by Crippen LogP contribution is 2.35. The van der Waals surface area contributed by atoms with Crippen LogP contribution in [0.3, 0.4) is 0 Å². The van der Waals surface area contributed by atoms with Crippen LogP contribution in [-0.4, -0.2) is 14.5 Å². The number of pyridine rings is 1. The number of nitrogens with zero attached hydrogens (tertiary/aromatic N) is 3. The zero-order valence-corrected chi connectivity index (χ0v) is 20.7. The van der Waals surface area contributed by atoms with Crippen LogP contribution in [0.5, 0.6) is 0 Å². The fraction of sp³-hybridized carbons (Fsp3) is 0.0938. The molecule has 0 amide bonds. The molecule has 0 fully saturated rings. The molecule has 0 saturated heterocycles. The van der Waals surface area contributed by atoms with Gasteiger partial charge in [-0.1, -0.05) is 54.1 Å². The standard InChI is InChI=1S/C32H25N3O2/c1-3-34-31-7-5-4-6-27(31)28-18-24(14-17-32(28)34)25-19-29(22-10-8-21(2)9-11-22)33-30(20-25)23-12-15-26(16-13-23)35(36)37/h4-20H,3H2,1-2H3. The van der Waals surface area contributed by atoms with Gasteiger partial charge in [-0.15, -0.1) is 0 Å². The molecule has 2 heterocycles. The average Bonchev–Trinajstić information content (AvgIpc) is 3.26. The molecule has 0 aliphatic heterocycles. The average molecular weight is 484 g/mol. The summed E-state index contributed by atoms with van der Waals surface area (Å²) in [5.41, 5.74) is 9.36. The van der Waals surface area contributed by atoms with Gasteiger partial charge in [-0.3, -0.25) is 10.1 Å². The molecule has 180 valence electrons. The van der Waals surface area contributed by atoms with Gasteiger partial charge >= 0.3 is 0 Å². The van der Waals surface area contributed by atoms with Gasteiger partial charge in [0.1, 0.15) is 0 Å². The van der Waals surface area contributed by atoms with E-state index in [4.69, 9.17) is 4.98 Å². The van der Waals surface area contributed by atoms with Crippen LogP contribution in [0.25, 0.3) is 55.4 Å². The summed E-state index contributed by atoms with van der Waals surface area (Å²) in [5.74, 6) is 0. The number of nitro benzene ring substituents is 1. The van der Waals surface area contributed by atoms with Crippen molar-refractivity contribution in [2.75, 3.05) is 0 Å². The summed E-state index contributed by atoms with van der Waals surface area (Å²) in [5, 5.41) is 13.6. The highest BCUT2D eigenvalue weighted by atomic mass is 16.6. The second-order valence-corrected chi connectivity index (χ2v) is 9.29. The molecule has 6 rings (SSSR count). The zero-order chi connectivity index (χ0) is 25.5. The van der Waals surface area contributed by atoms with E-state index >= 15 is 0 Å². The minimum Gasteiger partial charge on any atom is -0.341 e. The van der Waals surface area contributed by atoms with Crippen LogP contribution in [0.1, 0.15) is 12.5 Å².